The zero-order valence-electron chi connectivity index (χ0n) is 20.2. The topological polar surface area (TPSA) is 40.5 Å². The molecule has 0 aliphatic carbocycles. The molecule has 0 radical (unpaired) electrons. The van der Waals surface area contributed by atoms with Crippen molar-refractivity contribution in [1.29, 1.82) is 0 Å². The number of fused-ring (bicyclic) bond motifs is 2. The van der Waals surface area contributed by atoms with Crippen LogP contribution >= 0.6 is 0 Å². The molecule has 0 fully saturated rings. The van der Waals surface area contributed by atoms with Crippen LogP contribution in [0.1, 0.15) is 76.6 Å². The standard InChI is InChI=1S/C30H34O2/c1-18(23-16-19-12-8-10-14-21(19)27(31)25(23)29(2,3)4)24-17-20-13-9-11-15-22(20)28(32)26(24)30(5,6)7/h8-18,31-32H,1-7H3. The molecule has 0 spiro atoms. The second-order valence-electron chi connectivity index (χ2n) is 11.0. The summed E-state index contributed by atoms with van der Waals surface area (Å²) in [6, 6.07) is 20.5. The molecule has 2 N–H and O–H groups in total. The predicted molar refractivity (Wildman–Crippen MR) is 136 cm³/mol. The molecule has 0 bridgehead atoms. The third-order valence-corrected chi connectivity index (χ3v) is 6.54. The van der Waals surface area contributed by atoms with Crippen molar-refractivity contribution >= 4 is 21.5 Å². The van der Waals surface area contributed by atoms with Crippen molar-refractivity contribution in [1.82, 2.24) is 0 Å². The summed E-state index contributed by atoms with van der Waals surface area (Å²) in [6.45, 7) is 15.1. The van der Waals surface area contributed by atoms with Crippen LogP contribution in [0.2, 0.25) is 0 Å². The molecule has 2 nitrogen and oxygen atoms in total. The molecule has 4 aromatic carbocycles. The molecular weight excluding hydrogens is 392 g/mol. The fourth-order valence-corrected chi connectivity index (χ4v) is 5.13. The predicted octanol–water partition coefficient (Wildman–Crippen LogP) is 8.15. The van der Waals surface area contributed by atoms with Crippen LogP contribution in [-0.2, 0) is 10.8 Å². The molecule has 0 aromatic heterocycles. The number of aromatic hydroxyl groups is 2. The van der Waals surface area contributed by atoms with Crippen molar-refractivity contribution in [3.63, 3.8) is 0 Å². The highest BCUT2D eigenvalue weighted by atomic mass is 16.3. The number of hydrogen-bond acceptors (Lipinski definition) is 2. The first-order chi connectivity index (χ1) is 14.9. The summed E-state index contributed by atoms with van der Waals surface area (Å²) < 4.78 is 0. The molecule has 0 unspecified atom stereocenters. The molecule has 0 saturated heterocycles. The van der Waals surface area contributed by atoms with Gasteiger partial charge in [0.25, 0.3) is 0 Å². The Kier molecular flexibility index (Phi) is 5.24. The van der Waals surface area contributed by atoms with Gasteiger partial charge in [-0.1, -0.05) is 97.0 Å². The fourth-order valence-electron chi connectivity index (χ4n) is 5.13. The first-order valence-electron chi connectivity index (χ1n) is 11.4. The average Bonchev–Trinajstić information content (AvgIpc) is 2.71. The van der Waals surface area contributed by atoms with Crippen LogP contribution in [0, 0.1) is 0 Å². The van der Waals surface area contributed by atoms with Crippen LogP contribution in [0.5, 0.6) is 11.5 Å². The Morgan fingerprint density at radius 2 is 0.938 bits per heavy atom. The van der Waals surface area contributed by atoms with Crippen LogP contribution in [0.3, 0.4) is 0 Å². The van der Waals surface area contributed by atoms with Gasteiger partial charge in [0.2, 0.25) is 0 Å². The van der Waals surface area contributed by atoms with Crippen molar-refractivity contribution in [3.8, 4) is 11.5 Å². The molecule has 0 aliphatic heterocycles. The van der Waals surface area contributed by atoms with Gasteiger partial charge in [0.1, 0.15) is 11.5 Å². The summed E-state index contributed by atoms with van der Waals surface area (Å²) in [5, 5.41) is 26.6. The number of phenols is 2. The quantitative estimate of drug-likeness (QED) is 0.339. The molecule has 2 heteroatoms. The summed E-state index contributed by atoms with van der Waals surface area (Å²) in [4.78, 5) is 0. The zero-order valence-corrected chi connectivity index (χ0v) is 20.2. The summed E-state index contributed by atoms with van der Waals surface area (Å²) in [5.74, 6) is 0.712. The SMILES string of the molecule is CC(c1cc2ccccc2c(O)c1C(C)(C)C)c1cc2ccccc2c(O)c1C(C)(C)C. The molecule has 0 aliphatic rings. The number of phenolic OH excluding ortho intramolecular Hbond substituents is 2. The first-order valence-corrected chi connectivity index (χ1v) is 11.4. The minimum absolute atomic E-state index is 0.00976. The van der Waals surface area contributed by atoms with Gasteiger partial charge in [-0.05, 0) is 44.9 Å². The van der Waals surface area contributed by atoms with Crippen LogP contribution in [0.25, 0.3) is 21.5 Å². The van der Waals surface area contributed by atoms with Crippen molar-refractivity contribution in [2.24, 2.45) is 0 Å². The van der Waals surface area contributed by atoms with Gasteiger partial charge in [0.05, 0.1) is 0 Å². The fraction of sp³-hybridized carbons (Fsp3) is 0.333. The number of rotatable bonds is 2. The van der Waals surface area contributed by atoms with Crippen LogP contribution < -0.4 is 0 Å². The normalized spacial score (nSPS) is 12.8. The van der Waals surface area contributed by atoms with E-state index in [0.29, 0.717) is 11.5 Å². The lowest BCUT2D eigenvalue weighted by molar-refractivity contribution is 0.446. The molecule has 32 heavy (non-hydrogen) atoms. The Hall–Kier alpha value is -3.00. The van der Waals surface area contributed by atoms with E-state index in [4.69, 9.17) is 0 Å². The highest BCUT2D eigenvalue weighted by molar-refractivity contribution is 5.93. The Labute approximate surface area is 191 Å². The van der Waals surface area contributed by atoms with Gasteiger partial charge in [0.15, 0.2) is 0 Å². The zero-order chi connectivity index (χ0) is 23.4. The molecule has 0 atom stereocenters. The van der Waals surface area contributed by atoms with Crippen LogP contribution in [0.4, 0.5) is 0 Å². The van der Waals surface area contributed by atoms with E-state index in [1.807, 2.05) is 36.4 Å². The maximum absolute atomic E-state index is 11.4. The van der Waals surface area contributed by atoms with Crippen LogP contribution in [-0.4, -0.2) is 10.2 Å². The lowest BCUT2D eigenvalue weighted by Gasteiger charge is -2.32. The largest absolute Gasteiger partial charge is 0.507 e. The van der Waals surface area contributed by atoms with E-state index in [0.717, 1.165) is 43.8 Å². The van der Waals surface area contributed by atoms with E-state index in [2.05, 4.69) is 72.7 Å². The average molecular weight is 427 g/mol. The highest BCUT2D eigenvalue weighted by Gasteiger charge is 2.31. The highest BCUT2D eigenvalue weighted by Crippen LogP contribution is 2.47. The van der Waals surface area contributed by atoms with E-state index >= 15 is 0 Å². The van der Waals surface area contributed by atoms with Gasteiger partial charge in [-0.3, -0.25) is 0 Å². The summed E-state index contributed by atoms with van der Waals surface area (Å²) in [6.07, 6.45) is 0. The van der Waals surface area contributed by atoms with Gasteiger partial charge >= 0.3 is 0 Å². The molecule has 0 saturated carbocycles. The monoisotopic (exact) mass is 426 g/mol. The van der Waals surface area contributed by atoms with Crippen molar-refractivity contribution in [3.05, 3.63) is 82.9 Å². The van der Waals surface area contributed by atoms with E-state index in [1.165, 1.54) is 0 Å². The Morgan fingerprint density at radius 1 is 0.594 bits per heavy atom. The lowest BCUT2D eigenvalue weighted by Crippen LogP contribution is -2.20. The number of benzene rings is 4. The molecule has 166 valence electrons. The van der Waals surface area contributed by atoms with Crippen LogP contribution in [0.15, 0.2) is 60.7 Å². The van der Waals surface area contributed by atoms with Crippen molar-refractivity contribution < 1.29 is 10.2 Å². The maximum Gasteiger partial charge on any atom is 0.127 e. The molecule has 0 amide bonds. The Balaban J connectivity index is 2.09. The Bertz CT molecular complexity index is 1210. The third-order valence-electron chi connectivity index (χ3n) is 6.54. The third kappa shape index (κ3) is 3.62. The molecular formula is C30H34O2. The minimum Gasteiger partial charge on any atom is -0.507 e. The van der Waals surface area contributed by atoms with E-state index in [9.17, 15) is 10.2 Å². The number of hydrogen-bond donors (Lipinski definition) is 2. The maximum atomic E-state index is 11.4. The summed E-state index contributed by atoms with van der Waals surface area (Å²) in [5.41, 5.74) is 3.67. The Morgan fingerprint density at radius 3 is 1.28 bits per heavy atom. The molecule has 4 rings (SSSR count). The van der Waals surface area contributed by atoms with Gasteiger partial charge in [-0.2, -0.15) is 0 Å². The lowest BCUT2D eigenvalue weighted by atomic mass is 9.73. The molecule has 0 heterocycles. The second-order valence-corrected chi connectivity index (χ2v) is 11.0. The first kappa shape index (κ1) is 22.2. The second kappa shape index (κ2) is 7.55. The van der Waals surface area contributed by atoms with E-state index in [-0.39, 0.29) is 16.7 Å². The summed E-state index contributed by atoms with van der Waals surface area (Å²) >= 11 is 0. The minimum atomic E-state index is -0.238. The van der Waals surface area contributed by atoms with E-state index in [1.54, 1.807) is 0 Å². The van der Waals surface area contributed by atoms with Gasteiger partial charge in [0, 0.05) is 27.8 Å². The smallest absolute Gasteiger partial charge is 0.127 e. The molecule has 4 aromatic rings. The van der Waals surface area contributed by atoms with Gasteiger partial charge in [-0.25, -0.2) is 0 Å². The van der Waals surface area contributed by atoms with Gasteiger partial charge < -0.3 is 10.2 Å². The van der Waals surface area contributed by atoms with Crippen molar-refractivity contribution in [2.45, 2.75) is 65.2 Å². The van der Waals surface area contributed by atoms with E-state index < -0.39 is 0 Å². The van der Waals surface area contributed by atoms with Crippen molar-refractivity contribution in [2.75, 3.05) is 0 Å². The van der Waals surface area contributed by atoms with Gasteiger partial charge in [-0.15, -0.1) is 0 Å². The summed E-state index contributed by atoms with van der Waals surface area (Å²) in [7, 11) is 0.